The molecule has 0 aromatic heterocycles. The van der Waals surface area contributed by atoms with Gasteiger partial charge in [-0.1, -0.05) is 0 Å². The average Bonchev–Trinajstić information content (AvgIpc) is 2.81. The third-order valence-corrected chi connectivity index (χ3v) is 3.81. The van der Waals surface area contributed by atoms with Crippen LogP contribution < -0.4 is 5.32 Å². The van der Waals surface area contributed by atoms with Crippen LogP contribution in [0.5, 0.6) is 0 Å². The SMILES string of the molecule is O=C(O)CC1CN(C(=O)C2CSCN2)CCO1. The molecule has 6 nitrogen and oxygen atoms in total. The molecule has 0 saturated carbocycles. The summed E-state index contributed by atoms with van der Waals surface area (Å²) in [5.41, 5.74) is 0. The van der Waals surface area contributed by atoms with Crippen LogP contribution in [0.1, 0.15) is 6.42 Å². The smallest absolute Gasteiger partial charge is 0.306 e. The Morgan fingerprint density at radius 3 is 3.00 bits per heavy atom. The van der Waals surface area contributed by atoms with E-state index in [1.807, 2.05) is 0 Å². The van der Waals surface area contributed by atoms with Crippen LogP contribution >= 0.6 is 11.8 Å². The van der Waals surface area contributed by atoms with Gasteiger partial charge < -0.3 is 14.7 Å². The molecule has 0 aliphatic carbocycles. The highest BCUT2D eigenvalue weighted by molar-refractivity contribution is 7.99. The molecule has 2 aliphatic heterocycles. The number of rotatable bonds is 3. The highest BCUT2D eigenvalue weighted by Gasteiger charge is 2.31. The van der Waals surface area contributed by atoms with Gasteiger partial charge in [0.2, 0.25) is 5.91 Å². The molecule has 96 valence electrons. The maximum atomic E-state index is 12.1. The predicted molar refractivity (Wildman–Crippen MR) is 62.8 cm³/mol. The number of carboxylic acid groups (broad SMARTS) is 1. The molecule has 2 atom stereocenters. The van der Waals surface area contributed by atoms with Gasteiger partial charge in [-0.3, -0.25) is 14.9 Å². The molecular formula is C10H16N2O4S. The van der Waals surface area contributed by atoms with E-state index in [9.17, 15) is 9.59 Å². The van der Waals surface area contributed by atoms with E-state index in [1.54, 1.807) is 16.7 Å². The van der Waals surface area contributed by atoms with Crippen molar-refractivity contribution in [1.82, 2.24) is 10.2 Å². The van der Waals surface area contributed by atoms with Crippen molar-refractivity contribution in [2.75, 3.05) is 31.3 Å². The lowest BCUT2D eigenvalue weighted by Crippen LogP contribution is -2.52. The lowest BCUT2D eigenvalue weighted by atomic mass is 10.2. The molecule has 17 heavy (non-hydrogen) atoms. The van der Waals surface area contributed by atoms with Crippen molar-refractivity contribution in [3.8, 4) is 0 Å². The van der Waals surface area contributed by atoms with E-state index >= 15 is 0 Å². The van der Waals surface area contributed by atoms with E-state index in [-0.39, 0.29) is 24.5 Å². The number of carboxylic acids is 1. The van der Waals surface area contributed by atoms with Gasteiger partial charge in [0.25, 0.3) is 0 Å². The Hall–Kier alpha value is -0.790. The number of carbonyl (C=O) groups excluding carboxylic acids is 1. The zero-order valence-corrected chi connectivity index (χ0v) is 10.2. The zero-order valence-electron chi connectivity index (χ0n) is 9.42. The van der Waals surface area contributed by atoms with Crippen molar-refractivity contribution in [3.05, 3.63) is 0 Å². The number of nitrogens with zero attached hydrogens (tertiary/aromatic N) is 1. The van der Waals surface area contributed by atoms with E-state index < -0.39 is 5.97 Å². The summed E-state index contributed by atoms with van der Waals surface area (Å²) in [6.45, 7) is 1.36. The largest absolute Gasteiger partial charge is 0.481 e. The number of amides is 1. The summed E-state index contributed by atoms with van der Waals surface area (Å²) < 4.78 is 5.33. The minimum atomic E-state index is -0.890. The Labute approximate surface area is 104 Å². The fourth-order valence-electron chi connectivity index (χ4n) is 2.01. The van der Waals surface area contributed by atoms with E-state index in [0.29, 0.717) is 19.7 Å². The van der Waals surface area contributed by atoms with Crippen LogP contribution in [-0.4, -0.2) is 65.4 Å². The summed E-state index contributed by atoms with van der Waals surface area (Å²) in [5, 5.41) is 11.8. The summed E-state index contributed by atoms with van der Waals surface area (Å²) in [6.07, 6.45) is -0.421. The molecule has 0 radical (unpaired) electrons. The lowest BCUT2D eigenvalue weighted by molar-refractivity contribution is -0.148. The summed E-state index contributed by atoms with van der Waals surface area (Å²) in [7, 11) is 0. The molecule has 0 bridgehead atoms. The third-order valence-electron chi connectivity index (χ3n) is 2.87. The van der Waals surface area contributed by atoms with Crippen LogP contribution in [0.2, 0.25) is 0 Å². The highest BCUT2D eigenvalue weighted by Crippen LogP contribution is 2.15. The molecule has 2 aliphatic rings. The van der Waals surface area contributed by atoms with Crippen LogP contribution in [0.4, 0.5) is 0 Å². The monoisotopic (exact) mass is 260 g/mol. The molecule has 2 fully saturated rings. The van der Waals surface area contributed by atoms with E-state index in [2.05, 4.69) is 5.32 Å². The second kappa shape index (κ2) is 5.70. The van der Waals surface area contributed by atoms with Crippen LogP contribution in [0.15, 0.2) is 0 Å². The van der Waals surface area contributed by atoms with Gasteiger partial charge >= 0.3 is 5.97 Å². The second-order valence-corrected chi connectivity index (χ2v) is 5.18. The number of ether oxygens (including phenoxy) is 1. The molecule has 0 aromatic rings. The average molecular weight is 260 g/mol. The van der Waals surface area contributed by atoms with Gasteiger partial charge in [-0.15, -0.1) is 11.8 Å². The predicted octanol–water partition coefficient (Wildman–Crippen LogP) is -0.649. The molecule has 2 unspecified atom stereocenters. The fraction of sp³-hybridized carbons (Fsp3) is 0.800. The second-order valence-electron chi connectivity index (χ2n) is 4.15. The third kappa shape index (κ3) is 3.34. The molecule has 7 heteroatoms. The topological polar surface area (TPSA) is 78.9 Å². The Morgan fingerprint density at radius 2 is 2.35 bits per heavy atom. The first-order chi connectivity index (χ1) is 8.16. The minimum absolute atomic E-state index is 0.0450. The van der Waals surface area contributed by atoms with Gasteiger partial charge in [0, 0.05) is 24.7 Å². The minimum Gasteiger partial charge on any atom is -0.481 e. The number of hydrogen-bond donors (Lipinski definition) is 2. The summed E-state index contributed by atoms with van der Waals surface area (Å²) in [5.74, 6) is 0.770. The molecule has 0 aromatic carbocycles. The van der Waals surface area contributed by atoms with Gasteiger partial charge in [0.1, 0.15) is 0 Å². The standard InChI is InChI=1S/C10H16N2O4S/c13-9(14)3-7-4-12(1-2-16-7)10(15)8-5-17-6-11-8/h7-8,11H,1-6H2,(H,13,14). The summed E-state index contributed by atoms with van der Waals surface area (Å²) >= 11 is 1.70. The Balaban J connectivity index is 1.87. The van der Waals surface area contributed by atoms with Crippen molar-refractivity contribution in [2.24, 2.45) is 0 Å². The van der Waals surface area contributed by atoms with E-state index in [1.165, 1.54) is 0 Å². The van der Waals surface area contributed by atoms with Gasteiger partial charge in [0.15, 0.2) is 0 Å². The first-order valence-corrected chi connectivity index (χ1v) is 6.75. The van der Waals surface area contributed by atoms with Gasteiger partial charge in [-0.2, -0.15) is 0 Å². The number of hydrogen-bond acceptors (Lipinski definition) is 5. The number of thioether (sulfide) groups is 1. The lowest BCUT2D eigenvalue weighted by Gasteiger charge is -2.33. The van der Waals surface area contributed by atoms with Crippen molar-refractivity contribution >= 4 is 23.6 Å². The van der Waals surface area contributed by atoms with Crippen molar-refractivity contribution in [1.29, 1.82) is 0 Å². The van der Waals surface area contributed by atoms with Gasteiger partial charge in [0.05, 0.1) is 25.2 Å². The van der Waals surface area contributed by atoms with E-state index in [0.717, 1.165) is 11.6 Å². The van der Waals surface area contributed by atoms with Crippen molar-refractivity contribution < 1.29 is 19.4 Å². The maximum absolute atomic E-state index is 12.1. The van der Waals surface area contributed by atoms with Crippen LogP contribution in [0.3, 0.4) is 0 Å². The normalized spacial score (nSPS) is 29.3. The number of nitrogens with one attached hydrogen (secondary N) is 1. The molecule has 1 amide bonds. The molecule has 2 heterocycles. The molecule has 2 N–H and O–H groups in total. The molecule has 2 saturated heterocycles. The number of carbonyl (C=O) groups is 2. The molecule has 0 spiro atoms. The van der Waals surface area contributed by atoms with Crippen molar-refractivity contribution in [3.63, 3.8) is 0 Å². The number of aliphatic carboxylic acids is 1. The summed E-state index contributed by atoms with van der Waals surface area (Å²) in [6, 6.07) is -0.122. The molecule has 2 rings (SSSR count). The fourth-order valence-corrected chi connectivity index (χ4v) is 2.94. The van der Waals surface area contributed by atoms with Gasteiger partial charge in [-0.05, 0) is 0 Å². The Kier molecular flexibility index (Phi) is 4.25. The van der Waals surface area contributed by atoms with Crippen LogP contribution in [0.25, 0.3) is 0 Å². The first kappa shape index (κ1) is 12.7. The first-order valence-electron chi connectivity index (χ1n) is 5.60. The number of morpholine rings is 1. The molecular weight excluding hydrogens is 244 g/mol. The van der Waals surface area contributed by atoms with Crippen LogP contribution in [-0.2, 0) is 14.3 Å². The van der Waals surface area contributed by atoms with Crippen LogP contribution in [0, 0.1) is 0 Å². The van der Waals surface area contributed by atoms with E-state index in [4.69, 9.17) is 9.84 Å². The van der Waals surface area contributed by atoms with Crippen molar-refractivity contribution in [2.45, 2.75) is 18.6 Å². The summed E-state index contributed by atoms with van der Waals surface area (Å²) in [4.78, 5) is 24.4. The zero-order chi connectivity index (χ0) is 12.3. The Morgan fingerprint density at radius 1 is 1.53 bits per heavy atom. The quantitative estimate of drug-likeness (QED) is 0.702. The maximum Gasteiger partial charge on any atom is 0.306 e. The van der Waals surface area contributed by atoms with Gasteiger partial charge in [-0.25, -0.2) is 0 Å². The highest BCUT2D eigenvalue weighted by atomic mass is 32.2. The Bertz CT molecular complexity index is 307.